The number of halogens is 3. The van der Waals surface area contributed by atoms with Crippen LogP contribution in [-0.2, 0) is 11.3 Å². The van der Waals surface area contributed by atoms with Gasteiger partial charge in [0.05, 0.1) is 17.9 Å². The van der Waals surface area contributed by atoms with Crippen LogP contribution in [0.3, 0.4) is 0 Å². The molecule has 24 heavy (non-hydrogen) atoms. The molecule has 0 atom stereocenters. The summed E-state index contributed by atoms with van der Waals surface area (Å²) in [4.78, 5) is 27.0. The zero-order valence-corrected chi connectivity index (χ0v) is 13.5. The lowest BCUT2D eigenvalue weighted by atomic mass is 10.1. The second-order valence-electron chi connectivity index (χ2n) is 5.58. The Hall–Kier alpha value is -2.31. The van der Waals surface area contributed by atoms with Crippen LogP contribution in [0.15, 0.2) is 36.4 Å². The number of carbonyl (C=O) groups is 2. The van der Waals surface area contributed by atoms with E-state index in [9.17, 15) is 18.4 Å². The van der Waals surface area contributed by atoms with E-state index in [1.807, 2.05) is 0 Å². The van der Waals surface area contributed by atoms with E-state index in [0.717, 1.165) is 6.07 Å². The Labute approximate surface area is 142 Å². The normalized spacial score (nSPS) is 13.8. The summed E-state index contributed by atoms with van der Waals surface area (Å²) in [5, 5.41) is 0.285. The lowest BCUT2D eigenvalue weighted by Crippen LogP contribution is -2.39. The van der Waals surface area contributed by atoms with Gasteiger partial charge in [0.15, 0.2) is 0 Å². The lowest BCUT2D eigenvalue weighted by molar-refractivity contribution is -0.114. The number of ketones is 1. The largest absolute Gasteiger partial charge is 0.300 e. The zero-order valence-electron chi connectivity index (χ0n) is 12.7. The van der Waals surface area contributed by atoms with Gasteiger partial charge in [-0.05, 0) is 37.4 Å². The Kier molecular flexibility index (Phi) is 4.34. The van der Waals surface area contributed by atoms with Gasteiger partial charge >= 0.3 is 5.91 Å². The molecule has 0 aliphatic carbocycles. The fraction of sp³-hybridized carbons (Fsp3) is 0.176. The molecule has 0 unspecified atom stereocenters. The van der Waals surface area contributed by atoms with Gasteiger partial charge in [-0.1, -0.05) is 17.7 Å². The van der Waals surface area contributed by atoms with Gasteiger partial charge in [-0.25, -0.2) is 8.78 Å². The highest BCUT2D eigenvalue weighted by Crippen LogP contribution is 2.30. The molecule has 1 aliphatic rings. The summed E-state index contributed by atoms with van der Waals surface area (Å²) in [7, 11) is 1.67. The topological polar surface area (TPSA) is 40.6 Å². The third-order valence-electron chi connectivity index (χ3n) is 3.81. The second-order valence-corrected chi connectivity index (χ2v) is 5.99. The molecule has 0 aromatic heterocycles. The molecule has 0 radical (unpaired) electrons. The number of Topliss-reactive ketones (excluding diaryl/α,β-unsaturated/α-hetero) is 1. The first-order chi connectivity index (χ1) is 11.4. The first-order valence-corrected chi connectivity index (χ1v) is 7.53. The minimum Gasteiger partial charge on any atom is -0.291 e. The molecule has 0 saturated heterocycles. The molecule has 0 spiro atoms. The van der Waals surface area contributed by atoms with Crippen molar-refractivity contribution >= 4 is 29.0 Å². The summed E-state index contributed by atoms with van der Waals surface area (Å²) in [5.41, 5.74) is 0.689. The fourth-order valence-electron chi connectivity index (χ4n) is 2.66. The fourth-order valence-corrected chi connectivity index (χ4v) is 2.88. The van der Waals surface area contributed by atoms with Crippen LogP contribution in [0.4, 0.5) is 14.5 Å². The zero-order chi connectivity index (χ0) is 17.4. The van der Waals surface area contributed by atoms with E-state index in [1.54, 1.807) is 18.0 Å². The maximum absolute atomic E-state index is 13.9. The molecule has 0 N–H and O–H groups in total. The van der Waals surface area contributed by atoms with Crippen molar-refractivity contribution in [2.24, 2.45) is 0 Å². The summed E-state index contributed by atoms with van der Waals surface area (Å²) in [6, 6.07) is 8.01. The number of hydrogen-bond donors (Lipinski definition) is 0. The van der Waals surface area contributed by atoms with Crippen molar-refractivity contribution in [3.05, 3.63) is 64.2 Å². The molecule has 1 amide bonds. The molecule has 124 valence electrons. The van der Waals surface area contributed by atoms with Crippen LogP contribution in [0, 0.1) is 11.6 Å². The summed E-state index contributed by atoms with van der Waals surface area (Å²) in [6.07, 6.45) is 0. The molecule has 1 aliphatic heterocycles. The highest BCUT2D eigenvalue weighted by Gasteiger charge is 2.36. The van der Waals surface area contributed by atoms with Crippen molar-refractivity contribution in [3.8, 4) is 0 Å². The van der Waals surface area contributed by atoms with Gasteiger partial charge in [0.25, 0.3) is 5.78 Å². The summed E-state index contributed by atoms with van der Waals surface area (Å²) in [5.74, 6) is -2.51. The predicted molar refractivity (Wildman–Crippen MR) is 86.0 cm³/mol. The molecule has 2 aromatic rings. The Bertz CT molecular complexity index is 821. The maximum atomic E-state index is 13.9. The monoisotopic (exact) mass is 350 g/mol. The lowest BCUT2D eigenvalue weighted by Gasteiger charge is -2.24. The highest BCUT2D eigenvalue weighted by molar-refractivity contribution is 6.52. The van der Waals surface area contributed by atoms with Crippen LogP contribution in [0.1, 0.15) is 15.9 Å². The van der Waals surface area contributed by atoms with Gasteiger partial charge in [-0.3, -0.25) is 19.4 Å². The predicted octanol–water partition coefficient (Wildman–Crippen LogP) is 3.24. The first-order valence-electron chi connectivity index (χ1n) is 7.15. The average molecular weight is 351 g/mol. The van der Waals surface area contributed by atoms with Gasteiger partial charge in [0.1, 0.15) is 11.6 Å². The third-order valence-corrected chi connectivity index (χ3v) is 4.16. The smallest absolute Gasteiger partial charge is 0.291 e. The van der Waals surface area contributed by atoms with Gasteiger partial charge < -0.3 is 0 Å². The van der Waals surface area contributed by atoms with Crippen molar-refractivity contribution in [2.45, 2.75) is 6.54 Å². The van der Waals surface area contributed by atoms with Crippen molar-refractivity contribution in [1.82, 2.24) is 4.90 Å². The van der Waals surface area contributed by atoms with E-state index in [2.05, 4.69) is 0 Å². The van der Waals surface area contributed by atoms with Crippen molar-refractivity contribution in [2.75, 3.05) is 18.6 Å². The van der Waals surface area contributed by atoms with E-state index in [4.69, 9.17) is 11.6 Å². The third kappa shape index (κ3) is 2.90. The van der Waals surface area contributed by atoms with E-state index < -0.39 is 23.3 Å². The molecule has 0 bridgehead atoms. The van der Waals surface area contributed by atoms with Crippen molar-refractivity contribution in [3.63, 3.8) is 0 Å². The van der Waals surface area contributed by atoms with Crippen LogP contribution >= 0.6 is 11.6 Å². The summed E-state index contributed by atoms with van der Waals surface area (Å²) >= 11 is 6.00. The van der Waals surface area contributed by atoms with Crippen LogP contribution in [0.2, 0.25) is 5.02 Å². The van der Waals surface area contributed by atoms with Crippen molar-refractivity contribution in [1.29, 1.82) is 0 Å². The van der Waals surface area contributed by atoms with E-state index in [0.29, 0.717) is 11.3 Å². The number of nitrogens with zero attached hydrogens (tertiary/aromatic N) is 2. The molecule has 0 fully saturated rings. The number of rotatable bonds is 4. The number of hydrogen-bond acceptors (Lipinski definition) is 3. The van der Waals surface area contributed by atoms with Gasteiger partial charge in [-0.15, -0.1) is 0 Å². The van der Waals surface area contributed by atoms with Crippen LogP contribution in [0.5, 0.6) is 0 Å². The summed E-state index contributed by atoms with van der Waals surface area (Å²) < 4.78 is 27.1. The Morgan fingerprint density at radius 1 is 1.17 bits per heavy atom. The van der Waals surface area contributed by atoms with Gasteiger partial charge in [-0.2, -0.15) is 0 Å². The standard InChI is InChI=1S/C17H13ClF2N2O2/c1-21(8-12-13(18)3-2-4-14(12)20)9-22-15-6-5-10(19)7-11(15)16(23)17(22)24/h2-7H,8-9H2,1H3. The van der Waals surface area contributed by atoms with Gasteiger partial charge in [0.2, 0.25) is 0 Å². The minimum absolute atomic E-state index is 0.0392. The Balaban J connectivity index is 1.82. The number of carbonyl (C=O) groups excluding carboxylic acids is 2. The van der Waals surface area contributed by atoms with E-state index in [-0.39, 0.29) is 23.8 Å². The molecule has 2 aromatic carbocycles. The van der Waals surface area contributed by atoms with E-state index in [1.165, 1.54) is 29.2 Å². The number of fused-ring (bicyclic) bond motifs is 1. The molecular weight excluding hydrogens is 338 g/mol. The number of amides is 1. The molecule has 4 nitrogen and oxygen atoms in total. The van der Waals surface area contributed by atoms with Crippen LogP contribution in [0.25, 0.3) is 0 Å². The Morgan fingerprint density at radius 2 is 1.92 bits per heavy atom. The quantitative estimate of drug-likeness (QED) is 0.795. The molecule has 0 saturated carbocycles. The summed E-state index contributed by atoms with van der Waals surface area (Å²) in [6.45, 7) is 0.202. The molecule has 3 rings (SSSR count). The number of benzene rings is 2. The minimum atomic E-state index is -0.748. The maximum Gasteiger partial charge on any atom is 0.300 e. The first kappa shape index (κ1) is 16.5. The average Bonchev–Trinajstić information content (AvgIpc) is 2.76. The number of anilines is 1. The van der Waals surface area contributed by atoms with E-state index >= 15 is 0 Å². The van der Waals surface area contributed by atoms with Crippen LogP contribution in [-0.4, -0.2) is 30.3 Å². The SMILES string of the molecule is CN(Cc1c(F)cccc1Cl)CN1C(=O)C(=O)c2cc(F)ccc21. The second kappa shape index (κ2) is 6.30. The Morgan fingerprint density at radius 3 is 2.62 bits per heavy atom. The van der Waals surface area contributed by atoms with Crippen LogP contribution < -0.4 is 4.90 Å². The highest BCUT2D eigenvalue weighted by atomic mass is 35.5. The molecule has 1 heterocycles. The molecular formula is C17H13ClF2N2O2. The van der Waals surface area contributed by atoms with Gasteiger partial charge in [0, 0.05) is 17.1 Å². The van der Waals surface area contributed by atoms with Crippen molar-refractivity contribution < 1.29 is 18.4 Å². The molecule has 7 heteroatoms.